The largest absolute Gasteiger partial charge is 0.383 e. The Morgan fingerprint density at radius 2 is 1.82 bits per heavy atom. The zero-order valence-electron chi connectivity index (χ0n) is 17.2. The molecule has 0 spiro atoms. The van der Waals surface area contributed by atoms with E-state index in [4.69, 9.17) is 0 Å². The maximum absolute atomic E-state index is 12.6. The van der Waals surface area contributed by atoms with Gasteiger partial charge in [0.25, 0.3) is 0 Å². The molecule has 1 aromatic rings. The summed E-state index contributed by atoms with van der Waals surface area (Å²) in [6.45, 7) is 3.94. The van der Waals surface area contributed by atoms with Crippen molar-refractivity contribution in [2.24, 2.45) is 5.92 Å². The Morgan fingerprint density at radius 3 is 2.50 bits per heavy atom. The van der Waals surface area contributed by atoms with Crippen LogP contribution in [-0.2, 0) is 10.4 Å². The quantitative estimate of drug-likeness (QED) is 0.837. The summed E-state index contributed by atoms with van der Waals surface area (Å²) in [5, 5.41) is 19.3. The number of hydrogen-bond acceptors (Lipinski definition) is 5. The van der Waals surface area contributed by atoms with Crippen molar-refractivity contribution in [3.05, 3.63) is 11.9 Å². The van der Waals surface area contributed by atoms with Crippen molar-refractivity contribution >= 4 is 5.91 Å². The summed E-state index contributed by atoms with van der Waals surface area (Å²) in [7, 11) is 2.18. The van der Waals surface area contributed by atoms with Gasteiger partial charge in [-0.15, -0.1) is 5.10 Å². The van der Waals surface area contributed by atoms with Crippen molar-refractivity contribution in [1.82, 2.24) is 24.8 Å². The summed E-state index contributed by atoms with van der Waals surface area (Å²) in [5.74, 6) is 1.03. The highest BCUT2D eigenvalue weighted by atomic mass is 16.3. The summed E-state index contributed by atoms with van der Waals surface area (Å²) >= 11 is 0. The number of aliphatic hydroxyl groups is 1. The Kier molecular flexibility index (Phi) is 6.01. The van der Waals surface area contributed by atoms with Gasteiger partial charge in [-0.25, -0.2) is 4.68 Å². The van der Waals surface area contributed by atoms with Crippen LogP contribution in [0.25, 0.3) is 0 Å². The first kappa shape index (κ1) is 19.8. The minimum Gasteiger partial charge on any atom is -0.383 e. The highest BCUT2D eigenvalue weighted by Gasteiger charge is 2.36. The highest BCUT2D eigenvalue weighted by Crippen LogP contribution is 2.37. The molecular weight excluding hydrogens is 354 g/mol. The molecule has 2 saturated heterocycles. The molecule has 7 heteroatoms. The molecule has 1 amide bonds. The molecular formula is C21H35N5O2. The van der Waals surface area contributed by atoms with Crippen molar-refractivity contribution < 1.29 is 9.90 Å². The van der Waals surface area contributed by atoms with Crippen LogP contribution in [0.4, 0.5) is 0 Å². The normalized spacial score (nSPS) is 24.7. The third-order valence-electron chi connectivity index (χ3n) is 7.21. The lowest BCUT2D eigenvalue weighted by atomic mass is 9.92. The molecule has 1 aliphatic carbocycles. The second kappa shape index (κ2) is 8.49. The van der Waals surface area contributed by atoms with Crippen LogP contribution in [-0.4, -0.2) is 69.0 Å². The third-order valence-corrected chi connectivity index (χ3v) is 7.21. The predicted octanol–water partition coefficient (Wildman–Crippen LogP) is 2.33. The lowest BCUT2D eigenvalue weighted by molar-refractivity contribution is -0.132. The van der Waals surface area contributed by atoms with Gasteiger partial charge in [-0.3, -0.25) is 4.79 Å². The van der Waals surface area contributed by atoms with Crippen LogP contribution < -0.4 is 0 Å². The van der Waals surface area contributed by atoms with E-state index in [0.29, 0.717) is 18.2 Å². The van der Waals surface area contributed by atoms with E-state index >= 15 is 0 Å². The smallest absolute Gasteiger partial charge is 0.222 e. The molecule has 1 saturated carbocycles. The van der Waals surface area contributed by atoms with E-state index in [2.05, 4.69) is 22.3 Å². The van der Waals surface area contributed by atoms with Crippen LogP contribution in [0.2, 0.25) is 0 Å². The van der Waals surface area contributed by atoms with E-state index in [9.17, 15) is 9.90 Å². The molecule has 1 aromatic heterocycles. The minimum atomic E-state index is -0.775. The molecule has 3 fully saturated rings. The zero-order valence-corrected chi connectivity index (χ0v) is 17.2. The van der Waals surface area contributed by atoms with Crippen LogP contribution in [0.15, 0.2) is 6.20 Å². The maximum Gasteiger partial charge on any atom is 0.222 e. The SMILES string of the molecule is CN1CCC(CCC(=O)N2CCC(n3cc(C4(O)CCCC4)nn3)CC2)CC1. The Hall–Kier alpha value is -1.47. The van der Waals surface area contributed by atoms with Gasteiger partial charge in [0.05, 0.1) is 12.2 Å². The zero-order chi connectivity index (χ0) is 19.6. The number of rotatable bonds is 5. The molecule has 3 aliphatic rings. The monoisotopic (exact) mass is 389 g/mol. The molecule has 156 valence electrons. The van der Waals surface area contributed by atoms with Crippen molar-refractivity contribution in [2.45, 2.75) is 75.9 Å². The Balaban J connectivity index is 1.23. The minimum absolute atomic E-state index is 0.282. The number of hydrogen-bond donors (Lipinski definition) is 1. The van der Waals surface area contributed by atoms with E-state index in [1.165, 1.54) is 25.9 Å². The van der Waals surface area contributed by atoms with Gasteiger partial charge in [-0.1, -0.05) is 18.1 Å². The fraction of sp³-hybridized carbons (Fsp3) is 0.857. The average Bonchev–Trinajstić information content (AvgIpc) is 3.38. The molecule has 0 unspecified atom stereocenters. The van der Waals surface area contributed by atoms with Crippen molar-refractivity contribution in [3.8, 4) is 0 Å². The molecule has 2 aliphatic heterocycles. The Bertz CT molecular complexity index is 654. The number of amides is 1. The van der Waals surface area contributed by atoms with Gasteiger partial charge < -0.3 is 14.9 Å². The summed E-state index contributed by atoms with van der Waals surface area (Å²) < 4.78 is 1.92. The van der Waals surface area contributed by atoms with Gasteiger partial charge in [-0.05, 0) is 71.0 Å². The molecule has 28 heavy (non-hydrogen) atoms. The third kappa shape index (κ3) is 4.40. The first-order valence-corrected chi connectivity index (χ1v) is 11.1. The van der Waals surface area contributed by atoms with E-state index < -0.39 is 5.60 Å². The van der Waals surface area contributed by atoms with Gasteiger partial charge >= 0.3 is 0 Å². The van der Waals surface area contributed by atoms with Gasteiger partial charge in [0.2, 0.25) is 5.91 Å². The van der Waals surface area contributed by atoms with Crippen LogP contribution in [0.5, 0.6) is 0 Å². The van der Waals surface area contributed by atoms with Crippen molar-refractivity contribution in [2.75, 3.05) is 33.2 Å². The molecule has 0 aromatic carbocycles. The Labute approximate surface area is 168 Å². The molecule has 4 rings (SSSR count). The standard InChI is InChI=1S/C21H35N5O2/c1-24-12-6-17(7-13-24)4-5-20(27)25-14-8-18(9-15-25)26-16-19(22-23-26)21(28)10-2-3-11-21/h16-18,28H,2-15H2,1H3. The predicted molar refractivity (Wildman–Crippen MR) is 107 cm³/mol. The summed E-state index contributed by atoms with van der Waals surface area (Å²) in [6, 6.07) is 0.282. The maximum atomic E-state index is 12.6. The lowest BCUT2D eigenvalue weighted by Gasteiger charge is -2.33. The molecule has 1 N–H and O–H groups in total. The van der Waals surface area contributed by atoms with E-state index in [0.717, 1.165) is 63.7 Å². The second-order valence-electron chi connectivity index (χ2n) is 9.22. The molecule has 7 nitrogen and oxygen atoms in total. The lowest BCUT2D eigenvalue weighted by Crippen LogP contribution is -2.39. The first-order valence-electron chi connectivity index (χ1n) is 11.1. The number of aromatic nitrogens is 3. The van der Waals surface area contributed by atoms with Gasteiger partial charge in [0, 0.05) is 19.5 Å². The Morgan fingerprint density at radius 1 is 1.14 bits per heavy atom. The van der Waals surface area contributed by atoms with E-state index in [1.807, 2.05) is 15.8 Å². The van der Waals surface area contributed by atoms with Gasteiger partial charge in [-0.2, -0.15) is 0 Å². The summed E-state index contributed by atoms with van der Waals surface area (Å²) in [5.41, 5.74) is -0.0512. The van der Waals surface area contributed by atoms with E-state index in [1.54, 1.807) is 0 Å². The summed E-state index contributed by atoms with van der Waals surface area (Å²) in [4.78, 5) is 17.0. The van der Waals surface area contributed by atoms with Crippen LogP contribution in [0, 0.1) is 5.92 Å². The van der Waals surface area contributed by atoms with E-state index in [-0.39, 0.29) is 6.04 Å². The number of likely N-dealkylation sites (tertiary alicyclic amines) is 2. The highest BCUT2D eigenvalue weighted by molar-refractivity contribution is 5.76. The fourth-order valence-electron chi connectivity index (χ4n) is 5.10. The van der Waals surface area contributed by atoms with Crippen LogP contribution in [0.3, 0.4) is 0 Å². The van der Waals surface area contributed by atoms with Crippen LogP contribution in [0.1, 0.15) is 75.9 Å². The van der Waals surface area contributed by atoms with Gasteiger partial charge in [0.15, 0.2) is 0 Å². The average molecular weight is 390 g/mol. The number of carbonyl (C=O) groups is 1. The molecule has 0 atom stereocenters. The molecule has 0 radical (unpaired) electrons. The van der Waals surface area contributed by atoms with Crippen LogP contribution >= 0.6 is 0 Å². The number of nitrogens with zero attached hydrogens (tertiary/aromatic N) is 5. The molecule has 0 bridgehead atoms. The first-order chi connectivity index (χ1) is 13.5. The van der Waals surface area contributed by atoms with Crippen molar-refractivity contribution in [3.63, 3.8) is 0 Å². The number of carbonyl (C=O) groups excluding carboxylic acids is 1. The van der Waals surface area contributed by atoms with Gasteiger partial charge in [0.1, 0.15) is 11.3 Å². The second-order valence-corrected chi connectivity index (χ2v) is 9.22. The number of piperidine rings is 2. The summed E-state index contributed by atoms with van der Waals surface area (Å²) in [6.07, 6.45) is 11.7. The topological polar surface area (TPSA) is 74.5 Å². The fourth-order valence-corrected chi connectivity index (χ4v) is 5.10. The molecule has 3 heterocycles. The van der Waals surface area contributed by atoms with Crippen molar-refractivity contribution in [1.29, 1.82) is 0 Å².